The molecule has 0 fully saturated rings. The zero-order chi connectivity index (χ0) is 19.0. The van der Waals surface area contributed by atoms with E-state index in [4.69, 9.17) is 4.74 Å². The molecular formula is C12H12N4O9. The van der Waals surface area contributed by atoms with Crippen LogP contribution in [0, 0.1) is 30.3 Å². The normalized spacial score (nSPS) is 10.6. The molecule has 0 saturated carbocycles. The Bertz CT molecular complexity index is 655. The van der Waals surface area contributed by atoms with E-state index in [9.17, 15) is 39.9 Å². The first-order chi connectivity index (χ1) is 11.7. The maximum absolute atomic E-state index is 11.6. The Kier molecular flexibility index (Phi) is 6.43. The van der Waals surface area contributed by atoms with Crippen molar-refractivity contribution in [3.8, 4) is 0 Å². The number of carbonyl (C=O) groups excluding carboxylic acids is 2. The third-order valence-electron chi connectivity index (χ3n) is 3.05. The number of benzene rings is 1. The molecule has 13 nitrogen and oxygen atoms in total. The molecule has 1 rings (SSSR count). The lowest BCUT2D eigenvalue weighted by Gasteiger charge is -2.09. The lowest BCUT2D eigenvalue weighted by Crippen LogP contribution is -2.53. The predicted molar refractivity (Wildman–Crippen MR) is 77.8 cm³/mol. The fourth-order valence-corrected chi connectivity index (χ4v) is 1.68. The van der Waals surface area contributed by atoms with E-state index >= 15 is 0 Å². The minimum atomic E-state index is -3.71. The predicted octanol–water partition coefficient (Wildman–Crippen LogP) is 0.181. The minimum Gasteiger partial charge on any atom is -0.441 e. The van der Waals surface area contributed by atoms with E-state index in [0.717, 1.165) is 0 Å². The van der Waals surface area contributed by atoms with Crippen molar-refractivity contribution in [1.82, 2.24) is 5.32 Å². The van der Waals surface area contributed by atoms with Crippen molar-refractivity contribution in [2.75, 3.05) is 6.73 Å². The Hall–Kier alpha value is -3.64. The Morgan fingerprint density at radius 2 is 1.52 bits per heavy atom. The van der Waals surface area contributed by atoms with Crippen LogP contribution in [0.25, 0.3) is 0 Å². The van der Waals surface area contributed by atoms with Gasteiger partial charge in [0, 0.05) is 6.42 Å². The van der Waals surface area contributed by atoms with Crippen LogP contribution >= 0.6 is 0 Å². The van der Waals surface area contributed by atoms with Crippen LogP contribution in [-0.4, -0.2) is 39.2 Å². The number of nitro groups is 3. The van der Waals surface area contributed by atoms with Crippen molar-refractivity contribution in [1.29, 1.82) is 0 Å². The molecule has 0 radical (unpaired) electrons. The number of esters is 1. The van der Waals surface area contributed by atoms with E-state index < -0.39 is 52.0 Å². The molecule has 0 aromatic heterocycles. The first kappa shape index (κ1) is 19.4. The number of hydrogen-bond acceptors (Lipinski definition) is 9. The van der Waals surface area contributed by atoms with E-state index in [-0.39, 0.29) is 5.56 Å². The van der Waals surface area contributed by atoms with Crippen LogP contribution in [0.2, 0.25) is 0 Å². The topological polar surface area (TPSA) is 185 Å². The van der Waals surface area contributed by atoms with Crippen LogP contribution in [0.5, 0.6) is 0 Å². The molecule has 0 aliphatic heterocycles. The summed E-state index contributed by atoms with van der Waals surface area (Å²) >= 11 is 0. The first-order valence-corrected chi connectivity index (χ1v) is 6.64. The average Bonchev–Trinajstić information content (AvgIpc) is 2.55. The van der Waals surface area contributed by atoms with E-state index in [0.29, 0.717) is 0 Å². The highest BCUT2D eigenvalue weighted by atomic mass is 16.7. The summed E-state index contributed by atoms with van der Waals surface area (Å²) in [5, 5.41) is 34.1. The Morgan fingerprint density at radius 1 is 1.00 bits per heavy atom. The Labute approximate surface area is 139 Å². The maximum atomic E-state index is 11.6. The van der Waals surface area contributed by atoms with Crippen molar-refractivity contribution in [2.24, 2.45) is 0 Å². The lowest BCUT2D eigenvalue weighted by atomic mass is 10.2. The monoisotopic (exact) mass is 356 g/mol. The molecule has 134 valence electrons. The fraction of sp³-hybridized carbons (Fsp3) is 0.333. The molecule has 1 N–H and O–H groups in total. The van der Waals surface area contributed by atoms with E-state index in [1.165, 1.54) is 12.1 Å². The fourth-order valence-electron chi connectivity index (χ4n) is 1.68. The third kappa shape index (κ3) is 4.66. The van der Waals surface area contributed by atoms with Gasteiger partial charge in [0.15, 0.2) is 27.9 Å². The SMILES string of the molecule is O=C(CCC([N+](=O)[O-])([N+](=O)[O-])[N+](=O)[O-])NCOC(=O)c1ccccc1. The molecule has 1 aromatic rings. The summed E-state index contributed by atoms with van der Waals surface area (Å²) in [7, 11) is 0. The van der Waals surface area contributed by atoms with Gasteiger partial charge in [0.1, 0.15) is 0 Å². The molecular weight excluding hydrogens is 344 g/mol. The quantitative estimate of drug-likeness (QED) is 0.279. The van der Waals surface area contributed by atoms with Crippen molar-refractivity contribution >= 4 is 11.9 Å². The van der Waals surface area contributed by atoms with Gasteiger partial charge in [0.25, 0.3) is 0 Å². The van der Waals surface area contributed by atoms with Crippen LogP contribution in [0.15, 0.2) is 30.3 Å². The molecule has 1 aromatic carbocycles. The lowest BCUT2D eigenvalue weighted by molar-refractivity contribution is -0.970. The van der Waals surface area contributed by atoms with Gasteiger partial charge < -0.3 is 10.1 Å². The molecule has 0 bridgehead atoms. The third-order valence-corrected chi connectivity index (χ3v) is 3.05. The summed E-state index contributed by atoms with van der Waals surface area (Å²) in [6.45, 7) is -0.602. The second-order valence-electron chi connectivity index (χ2n) is 4.59. The first-order valence-electron chi connectivity index (χ1n) is 6.64. The number of hydrogen-bond donors (Lipinski definition) is 1. The van der Waals surface area contributed by atoms with Gasteiger partial charge in [-0.25, -0.2) is 4.79 Å². The van der Waals surface area contributed by atoms with Crippen LogP contribution in [0.4, 0.5) is 0 Å². The highest BCUT2D eigenvalue weighted by Gasteiger charge is 2.69. The van der Waals surface area contributed by atoms with Gasteiger partial charge in [-0.2, -0.15) is 0 Å². The minimum absolute atomic E-state index is 0.214. The molecule has 0 saturated heterocycles. The van der Waals surface area contributed by atoms with E-state index in [1.807, 2.05) is 5.32 Å². The number of nitrogens with one attached hydrogen (secondary N) is 1. The highest BCUT2D eigenvalue weighted by Crippen LogP contribution is 2.19. The summed E-state index contributed by atoms with van der Waals surface area (Å²) in [6.07, 6.45) is -2.15. The molecule has 0 atom stereocenters. The second kappa shape index (κ2) is 8.28. The van der Waals surface area contributed by atoms with Crippen LogP contribution in [-0.2, 0) is 9.53 Å². The van der Waals surface area contributed by atoms with Crippen LogP contribution < -0.4 is 5.32 Å². The molecule has 0 heterocycles. The van der Waals surface area contributed by atoms with E-state index in [1.54, 1.807) is 18.2 Å². The van der Waals surface area contributed by atoms with Gasteiger partial charge in [-0.1, -0.05) is 18.2 Å². The van der Waals surface area contributed by atoms with Crippen molar-refractivity contribution < 1.29 is 29.1 Å². The van der Waals surface area contributed by atoms with Gasteiger partial charge in [-0.05, 0) is 12.1 Å². The summed E-state index contributed by atoms with van der Waals surface area (Å²) < 4.78 is 4.70. The number of rotatable bonds is 9. The van der Waals surface area contributed by atoms with Crippen molar-refractivity contribution in [3.05, 3.63) is 66.2 Å². The number of nitrogens with zero attached hydrogens (tertiary/aromatic N) is 3. The Morgan fingerprint density at radius 3 is 2.00 bits per heavy atom. The van der Waals surface area contributed by atoms with Gasteiger partial charge in [0.2, 0.25) is 5.91 Å². The van der Waals surface area contributed by atoms with Gasteiger partial charge in [-0.15, -0.1) is 0 Å². The summed E-state index contributed by atoms with van der Waals surface area (Å²) in [4.78, 5) is 50.2. The van der Waals surface area contributed by atoms with Gasteiger partial charge >= 0.3 is 11.8 Å². The molecule has 0 aliphatic rings. The van der Waals surface area contributed by atoms with E-state index in [2.05, 4.69) is 0 Å². The van der Waals surface area contributed by atoms with Gasteiger partial charge in [0.05, 0.1) is 5.56 Å². The summed E-state index contributed by atoms with van der Waals surface area (Å²) in [5.41, 5.74) is 0.214. The summed E-state index contributed by atoms with van der Waals surface area (Å²) in [5.74, 6) is -5.45. The zero-order valence-corrected chi connectivity index (χ0v) is 12.5. The summed E-state index contributed by atoms with van der Waals surface area (Å²) in [6, 6.07) is 7.77. The molecule has 25 heavy (non-hydrogen) atoms. The molecule has 0 spiro atoms. The number of ether oxygens (including phenoxy) is 1. The number of amides is 1. The molecule has 0 unspecified atom stereocenters. The molecule has 13 heteroatoms. The highest BCUT2D eigenvalue weighted by molar-refractivity contribution is 5.89. The van der Waals surface area contributed by atoms with Crippen LogP contribution in [0.3, 0.4) is 0 Å². The smallest absolute Gasteiger partial charge is 0.441 e. The molecule has 1 amide bonds. The standard InChI is InChI=1S/C12H12N4O9/c17-10(6-7-12(14(19)20,15(21)22)16(23)24)13-8-25-11(18)9-4-2-1-3-5-9/h1-5H,6-8H2,(H,13,17). The van der Waals surface area contributed by atoms with Crippen LogP contribution in [0.1, 0.15) is 23.2 Å². The second-order valence-corrected chi connectivity index (χ2v) is 4.59. The number of carbonyl (C=O) groups is 2. The zero-order valence-electron chi connectivity index (χ0n) is 12.5. The maximum Gasteiger partial charge on any atom is 0.700 e. The van der Waals surface area contributed by atoms with Crippen molar-refractivity contribution in [2.45, 2.75) is 18.6 Å². The average molecular weight is 356 g/mol. The Balaban J connectivity index is 2.54. The van der Waals surface area contributed by atoms with Gasteiger partial charge in [-0.3, -0.25) is 35.1 Å². The van der Waals surface area contributed by atoms with Crippen molar-refractivity contribution in [3.63, 3.8) is 0 Å². The molecule has 0 aliphatic carbocycles. The largest absolute Gasteiger partial charge is 0.700 e.